The van der Waals surface area contributed by atoms with Crippen LogP contribution in [0.5, 0.6) is 5.75 Å². The van der Waals surface area contributed by atoms with Crippen LogP contribution in [-0.2, 0) is 14.8 Å². The summed E-state index contributed by atoms with van der Waals surface area (Å²) in [7, 11) is -3.89. The maximum absolute atomic E-state index is 12.7. The normalized spacial score (nSPS) is 12.2. The van der Waals surface area contributed by atoms with Crippen LogP contribution in [0, 0.1) is 30.9 Å². The molecule has 9 nitrogen and oxygen atoms in total. The van der Waals surface area contributed by atoms with Gasteiger partial charge in [0.15, 0.2) is 0 Å². The minimum Gasteiger partial charge on any atom is -0.491 e. The average molecular weight is 450 g/mol. The molecule has 0 aromatic heterocycles. The fourth-order valence-electron chi connectivity index (χ4n) is 3.09. The summed E-state index contributed by atoms with van der Waals surface area (Å²) in [6, 6.07) is 8.47. The zero-order valence-electron chi connectivity index (χ0n) is 18.2. The monoisotopic (exact) mass is 449 g/mol. The molecular weight excluding hydrogens is 422 g/mol. The lowest BCUT2D eigenvalue weighted by atomic mass is 10.1. The molecule has 0 saturated heterocycles. The third-order valence-corrected chi connectivity index (χ3v) is 6.17. The number of anilines is 1. The van der Waals surface area contributed by atoms with Crippen molar-refractivity contribution >= 4 is 27.3 Å². The van der Waals surface area contributed by atoms with Crippen LogP contribution in [0.25, 0.3) is 0 Å². The maximum Gasteiger partial charge on any atom is 0.271 e. The second kappa shape index (κ2) is 9.78. The molecule has 0 spiro atoms. The van der Waals surface area contributed by atoms with Crippen molar-refractivity contribution in [2.45, 2.75) is 33.7 Å². The van der Waals surface area contributed by atoms with E-state index in [2.05, 4.69) is 5.32 Å². The van der Waals surface area contributed by atoms with Gasteiger partial charge in [-0.2, -0.15) is 0 Å². The lowest BCUT2D eigenvalue weighted by Crippen LogP contribution is -2.48. The summed E-state index contributed by atoms with van der Waals surface area (Å²) in [6.07, 6.45) is 0.957. The number of ether oxygens (including phenoxy) is 1. The highest BCUT2D eigenvalue weighted by atomic mass is 32.2. The molecule has 1 amide bonds. The van der Waals surface area contributed by atoms with E-state index in [0.717, 1.165) is 27.8 Å². The predicted octanol–water partition coefficient (Wildman–Crippen LogP) is 2.87. The van der Waals surface area contributed by atoms with Crippen molar-refractivity contribution in [2.75, 3.05) is 23.7 Å². The summed E-state index contributed by atoms with van der Waals surface area (Å²) < 4.78 is 31.5. The van der Waals surface area contributed by atoms with E-state index in [1.807, 2.05) is 32.0 Å². The number of rotatable bonds is 9. The van der Waals surface area contributed by atoms with Crippen molar-refractivity contribution in [3.8, 4) is 5.75 Å². The highest BCUT2D eigenvalue weighted by molar-refractivity contribution is 7.92. The van der Waals surface area contributed by atoms with E-state index in [1.165, 1.54) is 19.1 Å². The van der Waals surface area contributed by atoms with Gasteiger partial charge in [-0.25, -0.2) is 8.42 Å². The molecule has 0 saturated carbocycles. The van der Waals surface area contributed by atoms with Gasteiger partial charge in [-0.15, -0.1) is 0 Å². The van der Waals surface area contributed by atoms with Crippen molar-refractivity contribution in [3.05, 3.63) is 63.2 Å². The summed E-state index contributed by atoms with van der Waals surface area (Å²) >= 11 is 0. The first-order valence-electron chi connectivity index (χ1n) is 9.64. The van der Waals surface area contributed by atoms with E-state index in [-0.39, 0.29) is 24.5 Å². The number of carbonyl (C=O) groups excluding carboxylic acids is 1. The van der Waals surface area contributed by atoms with Gasteiger partial charge < -0.3 is 10.1 Å². The van der Waals surface area contributed by atoms with E-state index < -0.39 is 26.9 Å². The molecule has 0 aliphatic rings. The second-order valence-electron chi connectivity index (χ2n) is 7.30. The van der Waals surface area contributed by atoms with Gasteiger partial charge in [-0.1, -0.05) is 18.2 Å². The number of sulfonamides is 1. The highest BCUT2D eigenvalue weighted by Crippen LogP contribution is 2.29. The molecular formula is C21H27N3O6S. The molecule has 168 valence electrons. The van der Waals surface area contributed by atoms with Gasteiger partial charge in [-0.3, -0.25) is 19.2 Å². The van der Waals surface area contributed by atoms with Crippen molar-refractivity contribution in [1.29, 1.82) is 0 Å². The quantitative estimate of drug-likeness (QED) is 0.357. The Bertz CT molecular complexity index is 1080. The van der Waals surface area contributed by atoms with Gasteiger partial charge in [0.25, 0.3) is 5.69 Å². The van der Waals surface area contributed by atoms with E-state index >= 15 is 0 Å². The molecule has 0 radical (unpaired) electrons. The molecule has 0 heterocycles. The number of nitrogens with zero attached hydrogens (tertiary/aromatic N) is 2. The Labute approximate surface area is 182 Å². The zero-order chi connectivity index (χ0) is 23.3. The number of carbonyl (C=O) groups is 1. The van der Waals surface area contributed by atoms with Crippen LogP contribution in [-0.4, -0.2) is 44.7 Å². The Morgan fingerprint density at radius 3 is 2.48 bits per heavy atom. The number of hydrogen-bond donors (Lipinski definition) is 1. The predicted molar refractivity (Wildman–Crippen MR) is 119 cm³/mol. The van der Waals surface area contributed by atoms with Crippen LogP contribution in [0.3, 0.4) is 0 Å². The Hall–Kier alpha value is -3.14. The Kier molecular flexibility index (Phi) is 7.61. The van der Waals surface area contributed by atoms with E-state index in [1.54, 1.807) is 6.92 Å². The van der Waals surface area contributed by atoms with Crippen molar-refractivity contribution in [1.82, 2.24) is 5.32 Å². The molecule has 31 heavy (non-hydrogen) atoms. The van der Waals surface area contributed by atoms with Crippen LogP contribution in [0.1, 0.15) is 23.6 Å². The standard InChI is InChI=1S/C21H27N3O6S/c1-14-7-6-8-20(16(14)3)30-12-11-22-21(25)17(4)23(31(5,28)29)19-13-18(24(26)27)10-9-15(19)2/h6-10,13,17H,11-12H2,1-5H3,(H,22,25)/t17-/m0/s1. The molecule has 2 aromatic carbocycles. The molecule has 10 heteroatoms. The van der Waals surface area contributed by atoms with Gasteiger partial charge in [-0.05, 0) is 50.5 Å². The van der Waals surface area contributed by atoms with Crippen molar-refractivity contribution in [3.63, 3.8) is 0 Å². The summed E-state index contributed by atoms with van der Waals surface area (Å²) in [5.74, 6) is 0.174. The minimum atomic E-state index is -3.89. The number of aryl methyl sites for hydroxylation is 2. The summed E-state index contributed by atoms with van der Waals surface area (Å²) in [6.45, 7) is 7.34. The number of non-ortho nitro benzene ring substituents is 1. The molecule has 1 N–H and O–H groups in total. The Morgan fingerprint density at radius 1 is 1.19 bits per heavy atom. The van der Waals surface area contributed by atoms with E-state index in [4.69, 9.17) is 4.74 Å². The van der Waals surface area contributed by atoms with Crippen molar-refractivity contribution < 1.29 is 22.9 Å². The fraction of sp³-hybridized carbons (Fsp3) is 0.381. The number of nitrogens with one attached hydrogen (secondary N) is 1. The maximum atomic E-state index is 12.7. The van der Waals surface area contributed by atoms with Crippen LogP contribution >= 0.6 is 0 Å². The summed E-state index contributed by atoms with van der Waals surface area (Å²) in [5, 5.41) is 13.8. The molecule has 0 unspecified atom stereocenters. The second-order valence-corrected chi connectivity index (χ2v) is 9.16. The molecule has 1 atom stereocenters. The number of benzene rings is 2. The van der Waals surface area contributed by atoms with Gasteiger partial charge >= 0.3 is 0 Å². The third kappa shape index (κ3) is 5.94. The average Bonchev–Trinajstić information content (AvgIpc) is 2.68. The lowest BCUT2D eigenvalue weighted by Gasteiger charge is -2.29. The molecule has 0 aliphatic carbocycles. The van der Waals surface area contributed by atoms with Crippen molar-refractivity contribution in [2.24, 2.45) is 0 Å². The van der Waals surface area contributed by atoms with Crippen LogP contribution in [0.15, 0.2) is 36.4 Å². The highest BCUT2D eigenvalue weighted by Gasteiger charge is 2.31. The third-order valence-electron chi connectivity index (χ3n) is 4.94. The fourth-order valence-corrected chi connectivity index (χ4v) is 4.32. The number of amides is 1. The molecule has 2 aromatic rings. The van der Waals surface area contributed by atoms with Crippen LogP contribution in [0.4, 0.5) is 11.4 Å². The first-order chi connectivity index (χ1) is 14.4. The Balaban J connectivity index is 2.13. The molecule has 0 aliphatic heterocycles. The van der Waals surface area contributed by atoms with Gasteiger partial charge in [0.1, 0.15) is 18.4 Å². The SMILES string of the molecule is Cc1ccc([N+](=O)[O-])cc1N([C@@H](C)C(=O)NCCOc1cccc(C)c1C)S(C)(=O)=O. The minimum absolute atomic E-state index is 0.0889. The zero-order valence-corrected chi connectivity index (χ0v) is 19.0. The first-order valence-corrected chi connectivity index (χ1v) is 11.5. The van der Waals surface area contributed by atoms with Gasteiger partial charge in [0.05, 0.1) is 23.4 Å². The number of nitro groups is 1. The van der Waals surface area contributed by atoms with Gasteiger partial charge in [0, 0.05) is 12.1 Å². The van der Waals surface area contributed by atoms with Gasteiger partial charge in [0.2, 0.25) is 15.9 Å². The Morgan fingerprint density at radius 2 is 1.87 bits per heavy atom. The number of hydrogen-bond acceptors (Lipinski definition) is 6. The molecule has 2 rings (SSSR count). The smallest absolute Gasteiger partial charge is 0.271 e. The van der Waals surface area contributed by atoms with E-state index in [0.29, 0.717) is 11.3 Å². The molecule has 0 bridgehead atoms. The summed E-state index contributed by atoms with van der Waals surface area (Å²) in [4.78, 5) is 23.2. The van der Waals surface area contributed by atoms with E-state index in [9.17, 15) is 23.3 Å². The lowest BCUT2D eigenvalue weighted by molar-refractivity contribution is -0.384. The largest absolute Gasteiger partial charge is 0.491 e. The van der Waals surface area contributed by atoms with Crippen LogP contribution < -0.4 is 14.4 Å². The topological polar surface area (TPSA) is 119 Å². The summed E-state index contributed by atoms with van der Waals surface area (Å²) in [5.41, 5.74) is 2.42. The first kappa shape index (κ1) is 24.1. The van der Waals surface area contributed by atoms with Crippen LogP contribution in [0.2, 0.25) is 0 Å². The molecule has 0 fully saturated rings. The number of nitro benzene ring substituents is 1.